The number of hydrogen-bond donors (Lipinski definition) is 1. The zero-order valence-corrected chi connectivity index (χ0v) is 15.7. The second-order valence-electron chi connectivity index (χ2n) is 6.53. The summed E-state index contributed by atoms with van der Waals surface area (Å²) in [7, 11) is 0. The number of ether oxygens (including phenoxy) is 2. The second-order valence-corrected chi connectivity index (χ2v) is 6.53. The lowest BCUT2D eigenvalue weighted by Gasteiger charge is -2.10. The molecule has 4 nitrogen and oxygen atoms in total. The van der Waals surface area contributed by atoms with Gasteiger partial charge in [-0.15, -0.1) is 0 Å². The molecule has 0 atom stereocenters. The van der Waals surface area contributed by atoms with Gasteiger partial charge in [0.05, 0.1) is 12.7 Å². The molecule has 2 aromatic rings. The molecule has 1 N–H and O–H groups in total. The molecule has 4 heteroatoms. The number of benzene rings is 2. The van der Waals surface area contributed by atoms with E-state index in [0.29, 0.717) is 19.6 Å². The van der Waals surface area contributed by atoms with Crippen molar-refractivity contribution in [2.45, 2.75) is 45.6 Å². The third-order valence-corrected chi connectivity index (χ3v) is 3.82. The van der Waals surface area contributed by atoms with Crippen LogP contribution in [0.3, 0.4) is 0 Å². The zero-order valence-electron chi connectivity index (χ0n) is 15.7. The van der Waals surface area contributed by atoms with E-state index >= 15 is 0 Å². The lowest BCUT2D eigenvalue weighted by Crippen LogP contribution is -2.24. The van der Waals surface area contributed by atoms with E-state index in [9.17, 15) is 4.79 Å². The first kappa shape index (κ1) is 19.8. The molecule has 1 amide bonds. The normalized spacial score (nSPS) is 10.6. The summed E-state index contributed by atoms with van der Waals surface area (Å²) in [6, 6.07) is 17.8. The largest absolute Gasteiger partial charge is 0.494 e. The van der Waals surface area contributed by atoms with E-state index in [-0.39, 0.29) is 12.0 Å². The number of para-hydroxylation sites is 1. The Morgan fingerprint density at radius 3 is 2.38 bits per heavy atom. The monoisotopic (exact) mass is 355 g/mol. The minimum atomic E-state index is 0.0855. The van der Waals surface area contributed by atoms with E-state index in [0.717, 1.165) is 30.8 Å². The topological polar surface area (TPSA) is 47.6 Å². The molecule has 2 aromatic carbocycles. The fraction of sp³-hybridized carbons (Fsp3) is 0.409. The zero-order chi connectivity index (χ0) is 18.6. The number of amides is 1. The van der Waals surface area contributed by atoms with Crippen LogP contribution in [0.1, 0.15) is 38.7 Å². The third kappa shape index (κ3) is 8.06. The Labute approximate surface area is 156 Å². The second kappa shape index (κ2) is 11.2. The summed E-state index contributed by atoms with van der Waals surface area (Å²) in [5.41, 5.74) is 1.26. The fourth-order valence-electron chi connectivity index (χ4n) is 2.56. The van der Waals surface area contributed by atoms with E-state index in [2.05, 4.69) is 17.4 Å². The number of carbonyl (C=O) groups excluding carboxylic acids is 1. The molecule has 0 aliphatic heterocycles. The van der Waals surface area contributed by atoms with E-state index in [1.165, 1.54) is 5.56 Å². The molecule has 0 unspecified atom stereocenters. The van der Waals surface area contributed by atoms with Gasteiger partial charge >= 0.3 is 0 Å². The highest BCUT2D eigenvalue weighted by atomic mass is 16.5. The molecule has 0 aliphatic carbocycles. The maximum absolute atomic E-state index is 11.8. The third-order valence-electron chi connectivity index (χ3n) is 3.82. The fourth-order valence-corrected chi connectivity index (χ4v) is 2.56. The van der Waals surface area contributed by atoms with Crippen molar-refractivity contribution in [3.63, 3.8) is 0 Å². The predicted octanol–water partition coefficient (Wildman–Crippen LogP) is 4.38. The number of rotatable bonds is 11. The molecule has 0 saturated carbocycles. The van der Waals surface area contributed by atoms with Crippen LogP contribution in [-0.4, -0.2) is 25.2 Å². The number of aryl methyl sites for hydroxylation is 1. The molecule has 26 heavy (non-hydrogen) atoms. The van der Waals surface area contributed by atoms with Crippen LogP contribution in [0.4, 0.5) is 0 Å². The van der Waals surface area contributed by atoms with Crippen molar-refractivity contribution in [2.75, 3.05) is 13.2 Å². The highest BCUT2D eigenvalue weighted by molar-refractivity contribution is 5.75. The van der Waals surface area contributed by atoms with Crippen LogP contribution in [0.25, 0.3) is 0 Å². The summed E-state index contributed by atoms with van der Waals surface area (Å²) in [5, 5.41) is 2.97. The summed E-state index contributed by atoms with van der Waals surface area (Å²) in [6.07, 6.45) is 3.27. The van der Waals surface area contributed by atoms with Crippen molar-refractivity contribution in [1.29, 1.82) is 0 Å². The van der Waals surface area contributed by atoms with Gasteiger partial charge in [-0.05, 0) is 62.9 Å². The Hall–Kier alpha value is -2.49. The van der Waals surface area contributed by atoms with Gasteiger partial charge in [0.15, 0.2) is 0 Å². The van der Waals surface area contributed by atoms with E-state index in [1.807, 2.05) is 56.3 Å². The molecule has 140 valence electrons. The number of carbonyl (C=O) groups is 1. The van der Waals surface area contributed by atoms with Crippen molar-refractivity contribution >= 4 is 5.91 Å². The van der Waals surface area contributed by atoms with E-state index < -0.39 is 0 Å². The molecule has 0 fully saturated rings. The molecule has 0 radical (unpaired) electrons. The predicted molar refractivity (Wildman–Crippen MR) is 105 cm³/mol. The average molecular weight is 355 g/mol. The minimum absolute atomic E-state index is 0.0855. The lowest BCUT2D eigenvalue weighted by molar-refractivity contribution is -0.121. The summed E-state index contributed by atoms with van der Waals surface area (Å²) in [6.45, 7) is 5.29. The maximum atomic E-state index is 11.8. The Morgan fingerprint density at radius 2 is 1.69 bits per heavy atom. The van der Waals surface area contributed by atoms with Crippen LogP contribution in [0.5, 0.6) is 11.5 Å². The van der Waals surface area contributed by atoms with Gasteiger partial charge in [0.2, 0.25) is 5.91 Å². The Morgan fingerprint density at radius 1 is 0.962 bits per heavy atom. The van der Waals surface area contributed by atoms with Crippen molar-refractivity contribution in [1.82, 2.24) is 5.32 Å². The van der Waals surface area contributed by atoms with Crippen molar-refractivity contribution < 1.29 is 14.3 Å². The van der Waals surface area contributed by atoms with Crippen molar-refractivity contribution in [3.05, 3.63) is 60.2 Å². The molecule has 2 rings (SSSR count). The van der Waals surface area contributed by atoms with Gasteiger partial charge in [-0.1, -0.05) is 30.3 Å². The van der Waals surface area contributed by atoms with E-state index in [1.54, 1.807) is 0 Å². The van der Waals surface area contributed by atoms with Crippen LogP contribution in [0, 0.1) is 0 Å². The molecule has 0 saturated heterocycles. The van der Waals surface area contributed by atoms with Crippen LogP contribution in [-0.2, 0) is 11.2 Å². The summed E-state index contributed by atoms with van der Waals surface area (Å²) < 4.78 is 11.2. The van der Waals surface area contributed by atoms with Gasteiger partial charge in [0.1, 0.15) is 11.5 Å². The van der Waals surface area contributed by atoms with Crippen LogP contribution >= 0.6 is 0 Å². The van der Waals surface area contributed by atoms with Crippen LogP contribution < -0.4 is 14.8 Å². The first-order chi connectivity index (χ1) is 12.6. The Kier molecular flexibility index (Phi) is 8.53. The molecular formula is C22H29NO3. The molecule has 0 heterocycles. The van der Waals surface area contributed by atoms with Gasteiger partial charge in [-0.3, -0.25) is 4.79 Å². The summed E-state index contributed by atoms with van der Waals surface area (Å²) in [4.78, 5) is 11.8. The Balaban J connectivity index is 1.53. The first-order valence-electron chi connectivity index (χ1n) is 9.33. The maximum Gasteiger partial charge on any atom is 0.220 e. The van der Waals surface area contributed by atoms with Crippen molar-refractivity contribution in [2.24, 2.45) is 0 Å². The standard InChI is InChI=1S/C22H29NO3/c1-18(2)26-21-14-12-19(13-15-21)8-6-16-23-22(24)11-7-17-25-20-9-4-3-5-10-20/h3-5,9-10,12-15,18H,6-8,11,16-17H2,1-2H3,(H,23,24). The molecule has 0 aromatic heterocycles. The number of nitrogens with one attached hydrogen (secondary N) is 1. The van der Waals surface area contributed by atoms with Gasteiger partial charge in [-0.25, -0.2) is 0 Å². The van der Waals surface area contributed by atoms with Gasteiger partial charge < -0.3 is 14.8 Å². The summed E-state index contributed by atoms with van der Waals surface area (Å²) in [5.74, 6) is 1.83. The lowest BCUT2D eigenvalue weighted by atomic mass is 10.1. The van der Waals surface area contributed by atoms with Crippen molar-refractivity contribution in [3.8, 4) is 11.5 Å². The molecule has 0 bridgehead atoms. The molecule has 0 aliphatic rings. The quantitative estimate of drug-likeness (QED) is 0.609. The highest BCUT2D eigenvalue weighted by Gasteiger charge is 2.02. The van der Waals surface area contributed by atoms with Crippen LogP contribution in [0.2, 0.25) is 0 Å². The van der Waals surface area contributed by atoms with Gasteiger partial charge in [-0.2, -0.15) is 0 Å². The highest BCUT2D eigenvalue weighted by Crippen LogP contribution is 2.14. The summed E-state index contributed by atoms with van der Waals surface area (Å²) >= 11 is 0. The van der Waals surface area contributed by atoms with E-state index in [4.69, 9.17) is 9.47 Å². The minimum Gasteiger partial charge on any atom is -0.494 e. The first-order valence-corrected chi connectivity index (χ1v) is 9.33. The molecular weight excluding hydrogens is 326 g/mol. The SMILES string of the molecule is CC(C)Oc1ccc(CCCNC(=O)CCCOc2ccccc2)cc1. The average Bonchev–Trinajstić information content (AvgIpc) is 2.64. The van der Waals surface area contributed by atoms with Crippen LogP contribution in [0.15, 0.2) is 54.6 Å². The Bertz CT molecular complexity index is 638. The molecule has 0 spiro atoms. The smallest absolute Gasteiger partial charge is 0.220 e. The number of hydrogen-bond acceptors (Lipinski definition) is 3. The van der Waals surface area contributed by atoms with Gasteiger partial charge in [0.25, 0.3) is 0 Å². The van der Waals surface area contributed by atoms with Gasteiger partial charge in [0, 0.05) is 13.0 Å².